The zero-order chi connectivity index (χ0) is 18.5. The molecule has 2 heterocycles. The van der Waals surface area contributed by atoms with Gasteiger partial charge in [0.2, 0.25) is 0 Å². The van der Waals surface area contributed by atoms with E-state index in [0.29, 0.717) is 13.0 Å². The largest absolute Gasteiger partial charge is 0.396 e. The fraction of sp³-hybridized carbons (Fsp3) is 0.300. The summed E-state index contributed by atoms with van der Waals surface area (Å²) in [5, 5.41) is 11.3. The predicted octanol–water partition coefficient (Wildman–Crippen LogP) is 4.79. The van der Waals surface area contributed by atoms with Crippen molar-refractivity contribution in [1.82, 2.24) is 14.5 Å². The van der Waals surface area contributed by atoms with Gasteiger partial charge in [-0.15, -0.1) is 0 Å². The Bertz CT molecular complexity index is 865. The van der Waals surface area contributed by atoms with Crippen LogP contribution in [0.15, 0.2) is 58.7 Å². The molecule has 0 aliphatic heterocycles. The summed E-state index contributed by atoms with van der Waals surface area (Å²) in [4.78, 5) is 10.1. The van der Waals surface area contributed by atoms with E-state index < -0.39 is 0 Å². The number of nitrogens with zero attached hydrogens (tertiary/aromatic N) is 3. The Morgan fingerprint density at radius 1 is 1.23 bits per heavy atom. The van der Waals surface area contributed by atoms with E-state index >= 15 is 0 Å². The highest BCUT2D eigenvalue weighted by Crippen LogP contribution is 2.36. The Labute approximate surface area is 163 Å². The Morgan fingerprint density at radius 2 is 2.08 bits per heavy atom. The molecule has 0 saturated heterocycles. The normalized spacial score (nSPS) is 11.3. The van der Waals surface area contributed by atoms with Crippen molar-refractivity contribution in [3.63, 3.8) is 0 Å². The number of imidazole rings is 1. The van der Waals surface area contributed by atoms with Gasteiger partial charge in [-0.05, 0) is 35.7 Å². The molecule has 0 fully saturated rings. The van der Waals surface area contributed by atoms with Crippen molar-refractivity contribution in [2.24, 2.45) is 0 Å². The third-order valence-electron chi connectivity index (χ3n) is 3.98. The molecule has 136 valence electrons. The monoisotopic (exact) mass is 387 g/mol. The van der Waals surface area contributed by atoms with Gasteiger partial charge in [0.15, 0.2) is 0 Å². The molecule has 4 nitrogen and oxygen atoms in total. The fourth-order valence-electron chi connectivity index (χ4n) is 2.76. The highest BCUT2D eigenvalue weighted by atomic mass is 35.5. The van der Waals surface area contributed by atoms with E-state index in [9.17, 15) is 5.11 Å². The van der Waals surface area contributed by atoms with Crippen LogP contribution in [0.1, 0.15) is 36.8 Å². The molecule has 2 aromatic heterocycles. The lowest BCUT2D eigenvalue weighted by molar-refractivity contribution is 0.294. The minimum Gasteiger partial charge on any atom is -0.396 e. The maximum atomic E-state index is 9.49. The van der Waals surface area contributed by atoms with Crippen LogP contribution in [-0.4, -0.2) is 26.2 Å². The minimum atomic E-state index is 0.0723. The highest BCUT2D eigenvalue weighted by Gasteiger charge is 2.20. The standard InChI is InChI=1S/C20H22ClN3OS/c1-14(2)19-20(26-17-7-3-6-16(21)11-17)24(18(23-19)8-10-25)13-15-5-4-9-22-12-15/h3-7,9,11-12,14,25H,8,10,13H2,1-2H3. The van der Waals surface area contributed by atoms with Gasteiger partial charge < -0.3 is 9.67 Å². The molecule has 0 spiro atoms. The van der Waals surface area contributed by atoms with Crippen molar-refractivity contribution in [2.45, 2.75) is 42.7 Å². The molecule has 6 heteroatoms. The Hall–Kier alpha value is -1.82. The summed E-state index contributed by atoms with van der Waals surface area (Å²) in [6.07, 6.45) is 4.16. The number of hydrogen-bond acceptors (Lipinski definition) is 4. The summed E-state index contributed by atoms with van der Waals surface area (Å²) in [7, 11) is 0. The predicted molar refractivity (Wildman–Crippen MR) is 106 cm³/mol. The van der Waals surface area contributed by atoms with E-state index in [0.717, 1.165) is 32.0 Å². The second-order valence-electron chi connectivity index (χ2n) is 6.35. The van der Waals surface area contributed by atoms with Crippen LogP contribution in [0.4, 0.5) is 0 Å². The third-order valence-corrected chi connectivity index (χ3v) is 5.33. The van der Waals surface area contributed by atoms with Crippen LogP contribution in [0.5, 0.6) is 0 Å². The van der Waals surface area contributed by atoms with Crippen LogP contribution >= 0.6 is 23.4 Å². The van der Waals surface area contributed by atoms with Crippen LogP contribution in [0, 0.1) is 0 Å². The molecule has 1 N–H and O–H groups in total. The SMILES string of the molecule is CC(C)c1nc(CCO)n(Cc2cccnc2)c1Sc1cccc(Cl)c1. The summed E-state index contributed by atoms with van der Waals surface area (Å²) in [5.41, 5.74) is 2.15. The first kappa shape index (κ1) is 19.0. The molecule has 0 unspecified atom stereocenters. The van der Waals surface area contributed by atoms with Crippen molar-refractivity contribution in [3.8, 4) is 0 Å². The maximum absolute atomic E-state index is 9.49. The lowest BCUT2D eigenvalue weighted by atomic mass is 10.1. The van der Waals surface area contributed by atoms with E-state index in [1.165, 1.54) is 0 Å². The van der Waals surface area contributed by atoms with E-state index in [4.69, 9.17) is 16.6 Å². The average Bonchev–Trinajstić information content (AvgIpc) is 2.94. The molecule has 26 heavy (non-hydrogen) atoms. The van der Waals surface area contributed by atoms with E-state index in [1.807, 2.05) is 36.5 Å². The van der Waals surface area contributed by atoms with Gasteiger partial charge in [0, 0.05) is 28.7 Å². The first-order valence-corrected chi connectivity index (χ1v) is 9.80. The second kappa shape index (κ2) is 8.71. The van der Waals surface area contributed by atoms with Crippen LogP contribution in [-0.2, 0) is 13.0 Å². The Kier molecular flexibility index (Phi) is 6.35. The number of aliphatic hydroxyl groups is 1. The molecule has 0 saturated carbocycles. The molecule has 0 radical (unpaired) electrons. The number of rotatable bonds is 7. The summed E-state index contributed by atoms with van der Waals surface area (Å²) in [5.74, 6) is 1.17. The van der Waals surface area contributed by atoms with Gasteiger partial charge in [-0.3, -0.25) is 4.98 Å². The van der Waals surface area contributed by atoms with Crippen LogP contribution < -0.4 is 0 Å². The molecular weight excluding hydrogens is 366 g/mol. The Balaban J connectivity index is 2.06. The van der Waals surface area contributed by atoms with Crippen LogP contribution in [0.3, 0.4) is 0 Å². The van der Waals surface area contributed by atoms with Gasteiger partial charge in [-0.1, -0.05) is 49.3 Å². The van der Waals surface area contributed by atoms with Crippen LogP contribution in [0.25, 0.3) is 0 Å². The van der Waals surface area contributed by atoms with Gasteiger partial charge in [0.1, 0.15) is 10.9 Å². The number of halogens is 1. The van der Waals surface area contributed by atoms with E-state index in [1.54, 1.807) is 18.0 Å². The lowest BCUT2D eigenvalue weighted by Gasteiger charge is -2.13. The van der Waals surface area contributed by atoms with Crippen molar-refractivity contribution in [2.75, 3.05) is 6.61 Å². The molecule has 1 aromatic carbocycles. The average molecular weight is 388 g/mol. The quantitative estimate of drug-likeness (QED) is 0.633. The van der Waals surface area contributed by atoms with Crippen molar-refractivity contribution in [3.05, 3.63) is 70.9 Å². The van der Waals surface area contributed by atoms with Gasteiger partial charge in [0.05, 0.1) is 18.8 Å². The second-order valence-corrected chi connectivity index (χ2v) is 7.85. The number of aliphatic hydroxyl groups excluding tert-OH is 1. The number of pyridine rings is 1. The van der Waals surface area contributed by atoms with Gasteiger partial charge in [0.25, 0.3) is 0 Å². The summed E-state index contributed by atoms with van der Waals surface area (Å²) in [6.45, 7) is 5.03. The molecule has 0 amide bonds. The molecule has 0 aliphatic rings. The zero-order valence-corrected chi connectivity index (χ0v) is 16.5. The van der Waals surface area contributed by atoms with E-state index in [-0.39, 0.29) is 12.5 Å². The Morgan fingerprint density at radius 3 is 2.73 bits per heavy atom. The number of aromatic nitrogens is 3. The van der Waals surface area contributed by atoms with Gasteiger partial charge in [-0.25, -0.2) is 4.98 Å². The van der Waals surface area contributed by atoms with Crippen molar-refractivity contribution in [1.29, 1.82) is 0 Å². The molecular formula is C20H22ClN3OS. The number of hydrogen-bond donors (Lipinski definition) is 1. The highest BCUT2D eigenvalue weighted by molar-refractivity contribution is 7.99. The third kappa shape index (κ3) is 4.47. The smallest absolute Gasteiger partial charge is 0.112 e. The van der Waals surface area contributed by atoms with Crippen molar-refractivity contribution >= 4 is 23.4 Å². The molecule has 0 atom stereocenters. The summed E-state index contributed by atoms with van der Waals surface area (Å²) < 4.78 is 2.19. The zero-order valence-electron chi connectivity index (χ0n) is 14.9. The molecule has 0 bridgehead atoms. The number of benzene rings is 1. The molecule has 0 aliphatic carbocycles. The minimum absolute atomic E-state index is 0.0723. The lowest BCUT2D eigenvalue weighted by Crippen LogP contribution is -2.08. The first-order chi connectivity index (χ1) is 12.6. The van der Waals surface area contributed by atoms with Gasteiger partial charge >= 0.3 is 0 Å². The molecule has 3 aromatic rings. The molecule has 3 rings (SSSR count). The van der Waals surface area contributed by atoms with E-state index in [2.05, 4.69) is 29.5 Å². The van der Waals surface area contributed by atoms with Gasteiger partial charge in [-0.2, -0.15) is 0 Å². The van der Waals surface area contributed by atoms with Crippen molar-refractivity contribution < 1.29 is 5.11 Å². The van der Waals surface area contributed by atoms with Crippen LogP contribution in [0.2, 0.25) is 5.02 Å². The summed E-state index contributed by atoms with van der Waals surface area (Å²) >= 11 is 7.82. The maximum Gasteiger partial charge on any atom is 0.112 e. The topological polar surface area (TPSA) is 50.9 Å². The summed E-state index contributed by atoms with van der Waals surface area (Å²) in [6, 6.07) is 11.8. The fourth-order valence-corrected chi connectivity index (χ4v) is 4.23. The first-order valence-electron chi connectivity index (χ1n) is 8.61.